The third-order valence-corrected chi connectivity index (χ3v) is 4.88. The largest absolute Gasteiger partial charge is 0.459 e. The lowest BCUT2D eigenvalue weighted by Crippen LogP contribution is -2.15. The molecule has 0 aliphatic heterocycles. The van der Waals surface area contributed by atoms with Crippen molar-refractivity contribution in [2.45, 2.75) is 59.0 Å². The fourth-order valence-corrected chi connectivity index (χ4v) is 2.99. The summed E-state index contributed by atoms with van der Waals surface area (Å²) in [4.78, 5) is 16.7. The molecule has 0 fully saturated rings. The Morgan fingerprint density at radius 3 is 2.33 bits per heavy atom. The molecule has 0 spiro atoms. The molecule has 0 saturated heterocycles. The van der Waals surface area contributed by atoms with Crippen molar-refractivity contribution in [3.63, 3.8) is 0 Å². The van der Waals surface area contributed by atoms with E-state index in [-0.39, 0.29) is 12.1 Å². The maximum absolute atomic E-state index is 12.3. The van der Waals surface area contributed by atoms with Crippen molar-refractivity contribution < 1.29 is 9.53 Å². The SMILES string of the molecule is CCC(CC)Cc1ccc(C(=O)OC(C)CCC=Nc2ccccc2)cc1. The lowest BCUT2D eigenvalue weighted by atomic mass is 9.94. The van der Waals surface area contributed by atoms with Crippen LogP contribution in [-0.4, -0.2) is 18.3 Å². The van der Waals surface area contributed by atoms with Crippen molar-refractivity contribution in [3.8, 4) is 0 Å². The predicted molar refractivity (Wildman–Crippen MR) is 113 cm³/mol. The maximum Gasteiger partial charge on any atom is 0.338 e. The molecule has 0 aromatic heterocycles. The average molecular weight is 366 g/mol. The van der Waals surface area contributed by atoms with Gasteiger partial charge in [0, 0.05) is 6.21 Å². The van der Waals surface area contributed by atoms with Crippen LogP contribution in [0.25, 0.3) is 0 Å². The third kappa shape index (κ3) is 7.38. The molecular weight excluding hydrogens is 334 g/mol. The van der Waals surface area contributed by atoms with Gasteiger partial charge in [0.05, 0.1) is 17.4 Å². The van der Waals surface area contributed by atoms with Gasteiger partial charge in [-0.25, -0.2) is 4.79 Å². The minimum absolute atomic E-state index is 0.135. The number of carbonyl (C=O) groups excluding carboxylic acids is 1. The van der Waals surface area contributed by atoms with Crippen LogP contribution in [0.4, 0.5) is 5.69 Å². The lowest BCUT2D eigenvalue weighted by molar-refractivity contribution is 0.0329. The predicted octanol–water partition coefficient (Wildman–Crippen LogP) is 6.39. The van der Waals surface area contributed by atoms with E-state index in [9.17, 15) is 4.79 Å². The minimum atomic E-state index is -0.253. The van der Waals surface area contributed by atoms with Gasteiger partial charge in [-0.3, -0.25) is 4.99 Å². The van der Waals surface area contributed by atoms with Gasteiger partial charge in [0.2, 0.25) is 0 Å². The van der Waals surface area contributed by atoms with Crippen LogP contribution in [-0.2, 0) is 11.2 Å². The molecule has 0 saturated carbocycles. The average Bonchev–Trinajstić information content (AvgIpc) is 2.70. The Balaban J connectivity index is 1.77. The second kappa shape index (κ2) is 11.3. The number of nitrogens with zero attached hydrogens (tertiary/aromatic N) is 1. The second-order valence-electron chi connectivity index (χ2n) is 7.02. The molecular formula is C24H31NO2. The monoisotopic (exact) mass is 365 g/mol. The zero-order valence-corrected chi connectivity index (χ0v) is 16.7. The summed E-state index contributed by atoms with van der Waals surface area (Å²) in [6, 6.07) is 17.7. The quantitative estimate of drug-likeness (QED) is 0.361. The van der Waals surface area contributed by atoms with Crippen LogP contribution in [0.3, 0.4) is 0 Å². The molecule has 0 aliphatic rings. The van der Waals surface area contributed by atoms with E-state index >= 15 is 0 Å². The Kier molecular flexibility index (Phi) is 8.76. The van der Waals surface area contributed by atoms with Crippen molar-refractivity contribution in [1.82, 2.24) is 0 Å². The summed E-state index contributed by atoms with van der Waals surface area (Å²) in [5.41, 5.74) is 2.84. The van der Waals surface area contributed by atoms with Crippen LogP contribution in [0.1, 0.15) is 62.4 Å². The normalized spacial score (nSPS) is 12.4. The van der Waals surface area contributed by atoms with Gasteiger partial charge >= 0.3 is 5.97 Å². The highest BCUT2D eigenvalue weighted by Gasteiger charge is 2.12. The fourth-order valence-electron chi connectivity index (χ4n) is 2.99. The van der Waals surface area contributed by atoms with Crippen LogP contribution in [0.15, 0.2) is 59.6 Å². The van der Waals surface area contributed by atoms with Gasteiger partial charge in [-0.1, -0.05) is 57.0 Å². The smallest absolute Gasteiger partial charge is 0.338 e. The number of hydrogen-bond donors (Lipinski definition) is 0. The molecule has 0 N–H and O–H groups in total. The number of ether oxygens (including phenoxy) is 1. The number of benzene rings is 2. The Morgan fingerprint density at radius 2 is 1.70 bits per heavy atom. The van der Waals surface area contributed by atoms with Gasteiger partial charge in [0.25, 0.3) is 0 Å². The van der Waals surface area contributed by atoms with E-state index < -0.39 is 0 Å². The lowest BCUT2D eigenvalue weighted by Gasteiger charge is -2.14. The Morgan fingerprint density at radius 1 is 1.04 bits per heavy atom. The highest BCUT2D eigenvalue weighted by molar-refractivity contribution is 5.89. The molecule has 2 aromatic rings. The van der Waals surface area contributed by atoms with E-state index in [1.54, 1.807) is 0 Å². The molecule has 144 valence electrons. The molecule has 0 radical (unpaired) electrons. The Bertz CT molecular complexity index is 703. The molecule has 3 heteroatoms. The van der Waals surface area contributed by atoms with Crippen molar-refractivity contribution in [2.24, 2.45) is 10.9 Å². The molecule has 0 aliphatic carbocycles. The minimum Gasteiger partial charge on any atom is -0.459 e. The molecule has 0 bridgehead atoms. The van der Waals surface area contributed by atoms with E-state index in [4.69, 9.17) is 4.74 Å². The summed E-state index contributed by atoms with van der Waals surface area (Å²) in [5.74, 6) is 0.456. The molecule has 0 amide bonds. The standard InChI is InChI=1S/C24H31NO2/c1-4-20(5-2)18-21-13-15-22(16-14-21)24(26)27-19(3)10-9-17-25-23-11-7-6-8-12-23/h6-8,11-17,19-20H,4-5,9-10,18H2,1-3H3. The van der Waals surface area contributed by atoms with E-state index in [1.807, 2.05) is 67.7 Å². The first kappa shape index (κ1) is 20.9. The molecule has 3 nitrogen and oxygen atoms in total. The second-order valence-corrected chi connectivity index (χ2v) is 7.02. The van der Waals surface area contributed by atoms with Crippen molar-refractivity contribution in [2.75, 3.05) is 0 Å². The summed E-state index contributed by atoms with van der Waals surface area (Å²) in [6.07, 6.45) is 6.72. The number of carbonyl (C=O) groups is 1. The highest BCUT2D eigenvalue weighted by Crippen LogP contribution is 2.17. The van der Waals surface area contributed by atoms with Gasteiger partial charge in [-0.2, -0.15) is 0 Å². The summed E-state index contributed by atoms with van der Waals surface area (Å²) < 4.78 is 5.55. The highest BCUT2D eigenvalue weighted by atomic mass is 16.5. The number of rotatable bonds is 10. The third-order valence-electron chi connectivity index (χ3n) is 4.88. The number of esters is 1. The van der Waals surface area contributed by atoms with E-state index in [1.165, 1.54) is 18.4 Å². The Hall–Kier alpha value is -2.42. The van der Waals surface area contributed by atoms with E-state index in [0.29, 0.717) is 11.5 Å². The Labute approximate surface area is 163 Å². The summed E-state index contributed by atoms with van der Waals surface area (Å²) in [5, 5.41) is 0. The first-order valence-electron chi connectivity index (χ1n) is 9.99. The summed E-state index contributed by atoms with van der Waals surface area (Å²) in [6.45, 7) is 6.38. The van der Waals surface area contributed by atoms with Gasteiger partial charge in [-0.05, 0) is 61.9 Å². The molecule has 27 heavy (non-hydrogen) atoms. The van der Waals surface area contributed by atoms with Crippen LogP contribution >= 0.6 is 0 Å². The summed E-state index contributed by atoms with van der Waals surface area (Å²) in [7, 11) is 0. The van der Waals surface area contributed by atoms with Crippen LogP contribution in [0.2, 0.25) is 0 Å². The molecule has 1 atom stereocenters. The molecule has 2 rings (SSSR count). The van der Waals surface area contributed by atoms with Gasteiger partial charge in [-0.15, -0.1) is 0 Å². The molecule has 0 heterocycles. The van der Waals surface area contributed by atoms with Crippen LogP contribution in [0.5, 0.6) is 0 Å². The summed E-state index contributed by atoms with van der Waals surface area (Å²) >= 11 is 0. The molecule has 2 aromatic carbocycles. The van der Waals surface area contributed by atoms with Gasteiger partial charge in [0.1, 0.15) is 0 Å². The number of hydrogen-bond acceptors (Lipinski definition) is 3. The molecule has 1 unspecified atom stereocenters. The zero-order chi connectivity index (χ0) is 19.5. The van der Waals surface area contributed by atoms with Crippen molar-refractivity contribution in [1.29, 1.82) is 0 Å². The van der Waals surface area contributed by atoms with Gasteiger partial charge in [0.15, 0.2) is 0 Å². The maximum atomic E-state index is 12.3. The van der Waals surface area contributed by atoms with Crippen LogP contribution < -0.4 is 0 Å². The first-order valence-corrected chi connectivity index (χ1v) is 9.99. The number of para-hydroxylation sites is 1. The van der Waals surface area contributed by atoms with E-state index in [2.05, 4.69) is 18.8 Å². The first-order chi connectivity index (χ1) is 13.1. The van der Waals surface area contributed by atoms with Gasteiger partial charge < -0.3 is 4.74 Å². The van der Waals surface area contributed by atoms with Crippen molar-refractivity contribution in [3.05, 3.63) is 65.7 Å². The van der Waals surface area contributed by atoms with Crippen LogP contribution in [0, 0.1) is 5.92 Å². The topological polar surface area (TPSA) is 38.7 Å². The zero-order valence-electron chi connectivity index (χ0n) is 16.7. The van der Waals surface area contributed by atoms with E-state index in [0.717, 1.165) is 24.9 Å². The van der Waals surface area contributed by atoms with Crippen molar-refractivity contribution >= 4 is 17.9 Å². The number of aliphatic imine (C=N–C) groups is 1. The fraction of sp³-hybridized carbons (Fsp3) is 0.417.